The molecule has 3 aromatic rings. The van der Waals surface area contributed by atoms with Crippen LogP contribution >= 0.6 is 11.3 Å². The second-order valence-corrected chi connectivity index (χ2v) is 5.70. The van der Waals surface area contributed by atoms with Gasteiger partial charge in [0, 0.05) is 22.8 Å². The zero-order valence-electron chi connectivity index (χ0n) is 10.1. The molecule has 0 aromatic carbocycles. The number of nitrogens with zero attached hydrogens (tertiary/aromatic N) is 1. The zero-order valence-corrected chi connectivity index (χ0v) is 10.9. The molecule has 3 heterocycles. The second-order valence-electron chi connectivity index (χ2n) is 4.92. The molecule has 3 aromatic heterocycles. The van der Waals surface area contributed by atoms with Gasteiger partial charge < -0.3 is 4.98 Å². The van der Waals surface area contributed by atoms with Crippen LogP contribution in [0.5, 0.6) is 0 Å². The van der Waals surface area contributed by atoms with Gasteiger partial charge in [0.05, 0.1) is 0 Å². The van der Waals surface area contributed by atoms with Crippen LogP contribution in [0.25, 0.3) is 22.2 Å². The number of rotatable bonds is 1. The highest BCUT2D eigenvalue weighted by molar-refractivity contribution is 7.08. The Hall–Kier alpha value is -1.61. The predicted molar refractivity (Wildman–Crippen MR) is 76.0 cm³/mol. The molecular weight excluding hydrogens is 240 g/mol. The van der Waals surface area contributed by atoms with Crippen molar-refractivity contribution in [3.05, 3.63) is 40.3 Å². The lowest BCUT2D eigenvalue weighted by molar-refractivity contribution is 0.680. The van der Waals surface area contributed by atoms with E-state index in [1.54, 1.807) is 11.3 Å². The van der Waals surface area contributed by atoms with Crippen LogP contribution in [-0.2, 0) is 12.8 Å². The van der Waals surface area contributed by atoms with Crippen molar-refractivity contribution in [3.8, 4) is 11.1 Å². The maximum absolute atomic E-state index is 4.59. The number of pyridine rings is 1. The Balaban J connectivity index is 1.94. The van der Waals surface area contributed by atoms with E-state index in [-0.39, 0.29) is 0 Å². The maximum atomic E-state index is 4.59. The van der Waals surface area contributed by atoms with Gasteiger partial charge in [-0.15, -0.1) is 0 Å². The molecule has 0 bridgehead atoms. The second kappa shape index (κ2) is 3.95. The monoisotopic (exact) mass is 254 g/mol. The Kier molecular flexibility index (Phi) is 2.27. The Morgan fingerprint density at radius 1 is 1.17 bits per heavy atom. The molecule has 18 heavy (non-hydrogen) atoms. The van der Waals surface area contributed by atoms with E-state index in [9.17, 15) is 0 Å². The zero-order chi connectivity index (χ0) is 11.9. The van der Waals surface area contributed by atoms with E-state index < -0.39 is 0 Å². The van der Waals surface area contributed by atoms with Crippen LogP contribution in [0.2, 0.25) is 0 Å². The molecule has 4 rings (SSSR count). The number of H-pyrrole nitrogens is 1. The Morgan fingerprint density at radius 3 is 3.00 bits per heavy atom. The third kappa shape index (κ3) is 1.51. The minimum atomic E-state index is 1.06. The summed E-state index contributed by atoms with van der Waals surface area (Å²) in [4.78, 5) is 8.07. The van der Waals surface area contributed by atoms with Gasteiger partial charge in [0.15, 0.2) is 0 Å². The standard InChI is InChI=1S/C15H14N2S/c1-2-4-14-12(3-1)13-7-11(8-16-15(13)17-14)10-5-6-18-9-10/h5-9H,1-4H2,(H,16,17). The van der Waals surface area contributed by atoms with E-state index in [1.165, 1.54) is 53.5 Å². The van der Waals surface area contributed by atoms with Crippen LogP contribution in [0.1, 0.15) is 24.1 Å². The Bertz CT molecular complexity index is 695. The van der Waals surface area contributed by atoms with Gasteiger partial charge in [-0.2, -0.15) is 11.3 Å². The lowest BCUT2D eigenvalue weighted by atomic mass is 9.95. The largest absolute Gasteiger partial charge is 0.343 e. The fraction of sp³-hybridized carbons (Fsp3) is 0.267. The minimum absolute atomic E-state index is 1.06. The van der Waals surface area contributed by atoms with E-state index in [2.05, 4.69) is 32.9 Å². The first-order chi connectivity index (χ1) is 8.92. The van der Waals surface area contributed by atoms with Crippen molar-refractivity contribution >= 4 is 22.4 Å². The number of thiophene rings is 1. The van der Waals surface area contributed by atoms with Crippen molar-refractivity contribution < 1.29 is 0 Å². The molecule has 0 fully saturated rings. The third-order valence-corrected chi connectivity index (χ3v) is 4.49. The molecule has 0 aliphatic heterocycles. The summed E-state index contributed by atoms with van der Waals surface area (Å²) in [5.41, 5.74) is 6.48. The summed E-state index contributed by atoms with van der Waals surface area (Å²) in [5, 5.41) is 5.63. The van der Waals surface area contributed by atoms with Crippen molar-refractivity contribution in [2.24, 2.45) is 0 Å². The highest BCUT2D eigenvalue weighted by Crippen LogP contribution is 2.31. The highest BCUT2D eigenvalue weighted by Gasteiger charge is 2.16. The molecule has 1 aliphatic rings. The minimum Gasteiger partial charge on any atom is -0.343 e. The molecule has 3 heteroatoms. The van der Waals surface area contributed by atoms with Crippen LogP contribution < -0.4 is 0 Å². The highest BCUT2D eigenvalue weighted by atomic mass is 32.1. The Labute approximate surface area is 110 Å². The average Bonchev–Trinajstić information content (AvgIpc) is 3.05. The van der Waals surface area contributed by atoms with Crippen molar-refractivity contribution in [2.45, 2.75) is 25.7 Å². The first-order valence-corrected chi connectivity index (χ1v) is 7.38. The van der Waals surface area contributed by atoms with Gasteiger partial charge in [-0.3, -0.25) is 0 Å². The number of fused-ring (bicyclic) bond motifs is 3. The van der Waals surface area contributed by atoms with Crippen molar-refractivity contribution in [2.75, 3.05) is 0 Å². The van der Waals surface area contributed by atoms with Crippen molar-refractivity contribution in [3.63, 3.8) is 0 Å². The molecule has 0 saturated heterocycles. The van der Waals surface area contributed by atoms with Crippen LogP contribution in [0.3, 0.4) is 0 Å². The van der Waals surface area contributed by atoms with Gasteiger partial charge in [-0.05, 0) is 59.7 Å². The lowest BCUT2D eigenvalue weighted by Crippen LogP contribution is -1.99. The summed E-state index contributed by atoms with van der Waals surface area (Å²) in [6, 6.07) is 4.46. The number of hydrogen-bond donors (Lipinski definition) is 1. The topological polar surface area (TPSA) is 28.7 Å². The fourth-order valence-electron chi connectivity index (χ4n) is 2.86. The van der Waals surface area contributed by atoms with Crippen LogP contribution in [0.4, 0.5) is 0 Å². The molecule has 0 saturated carbocycles. The quantitative estimate of drug-likeness (QED) is 0.693. The molecule has 2 nitrogen and oxygen atoms in total. The molecule has 0 atom stereocenters. The number of aryl methyl sites for hydroxylation is 2. The van der Waals surface area contributed by atoms with E-state index in [0.29, 0.717) is 0 Å². The van der Waals surface area contributed by atoms with Crippen LogP contribution in [0.15, 0.2) is 29.1 Å². The smallest absolute Gasteiger partial charge is 0.137 e. The SMILES string of the molecule is c1cc(-c2cnc3[nH]c4c(c3c2)CCCC4)cs1. The molecule has 0 radical (unpaired) electrons. The van der Waals surface area contributed by atoms with Gasteiger partial charge in [0.25, 0.3) is 0 Å². The van der Waals surface area contributed by atoms with Crippen LogP contribution in [-0.4, -0.2) is 9.97 Å². The summed E-state index contributed by atoms with van der Waals surface area (Å²) in [6.07, 6.45) is 6.97. The summed E-state index contributed by atoms with van der Waals surface area (Å²) in [7, 11) is 0. The van der Waals surface area contributed by atoms with Gasteiger partial charge >= 0.3 is 0 Å². The van der Waals surface area contributed by atoms with E-state index >= 15 is 0 Å². The van der Waals surface area contributed by atoms with E-state index in [4.69, 9.17) is 0 Å². The van der Waals surface area contributed by atoms with Crippen LogP contribution in [0, 0.1) is 0 Å². The molecule has 1 aliphatic carbocycles. The summed E-state index contributed by atoms with van der Waals surface area (Å²) in [5.74, 6) is 0. The summed E-state index contributed by atoms with van der Waals surface area (Å²) < 4.78 is 0. The summed E-state index contributed by atoms with van der Waals surface area (Å²) in [6.45, 7) is 0. The molecule has 1 N–H and O–H groups in total. The molecule has 0 amide bonds. The first-order valence-electron chi connectivity index (χ1n) is 6.44. The van der Waals surface area contributed by atoms with Crippen molar-refractivity contribution in [1.29, 1.82) is 0 Å². The fourth-order valence-corrected chi connectivity index (χ4v) is 3.53. The predicted octanol–water partition coefficient (Wildman–Crippen LogP) is 4.17. The summed E-state index contributed by atoms with van der Waals surface area (Å²) >= 11 is 1.74. The Morgan fingerprint density at radius 2 is 2.11 bits per heavy atom. The molecule has 0 unspecified atom stereocenters. The van der Waals surface area contributed by atoms with E-state index in [0.717, 1.165) is 5.65 Å². The number of nitrogens with one attached hydrogen (secondary N) is 1. The number of aromatic nitrogens is 2. The lowest BCUT2D eigenvalue weighted by Gasteiger charge is -2.10. The van der Waals surface area contributed by atoms with Gasteiger partial charge in [-0.1, -0.05) is 0 Å². The molecule has 0 spiro atoms. The van der Waals surface area contributed by atoms with Crippen molar-refractivity contribution in [1.82, 2.24) is 9.97 Å². The number of hydrogen-bond acceptors (Lipinski definition) is 2. The molecule has 90 valence electrons. The molecular formula is C15H14N2S. The average molecular weight is 254 g/mol. The number of aromatic amines is 1. The third-order valence-electron chi connectivity index (χ3n) is 3.80. The maximum Gasteiger partial charge on any atom is 0.137 e. The normalized spacial score (nSPS) is 14.9. The van der Waals surface area contributed by atoms with E-state index in [1.807, 2.05) is 6.20 Å². The first kappa shape index (κ1) is 10.3. The van der Waals surface area contributed by atoms with Gasteiger partial charge in [0.2, 0.25) is 0 Å². The van der Waals surface area contributed by atoms with Gasteiger partial charge in [-0.25, -0.2) is 4.98 Å². The van der Waals surface area contributed by atoms with Gasteiger partial charge in [0.1, 0.15) is 5.65 Å².